The largest absolute Gasteiger partial charge is 0.346 e. The van der Waals surface area contributed by atoms with Crippen molar-refractivity contribution in [2.75, 3.05) is 6.54 Å². The van der Waals surface area contributed by atoms with Crippen molar-refractivity contribution in [3.05, 3.63) is 11.9 Å². The van der Waals surface area contributed by atoms with Crippen LogP contribution in [-0.2, 0) is 0 Å². The Morgan fingerprint density at radius 3 is 2.93 bits per heavy atom. The molecule has 1 aliphatic carbocycles. The number of carbonyl (C=O) groups excluding carboxylic acids is 1. The predicted molar refractivity (Wildman–Crippen MR) is 60.2 cm³/mol. The summed E-state index contributed by atoms with van der Waals surface area (Å²) in [5, 5.41) is 2.87. The van der Waals surface area contributed by atoms with Crippen molar-refractivity contribution in [2.24, 2.45) is 11.7 Å². The second kappa shape index (κ2) is 5.39. The van der Waals surface area contributed by atoms with Gasteiger partial charge in [-0.3, -0.25) is 4.79 Å². The molecule has 0 aromatic carbocycles. The lowest BCUT2D eigenvalue weighted by atomic mass is 10.2. The maximum atomic E-state index is 11.5. The monoisotopic (exact) mass is 248 g/mol. The molecule has 1 aromatic rings. The van der Waals surface area contributed by atoms with Crippen molar-refractivity contribution in [3.63, 3.8) is 0 Å². The quantitative estimate of drug-likeness (QED) is 0.810. The zero-order valence-corrected chi connectivity index (χ0v) is 9.68. The zero-order valence-electron chi connectivity index (χ0n) is 8.05. The summed E-state index contributed by atoms with van der Waals surface area (Å²) in [6.45, 7) is 0.494. The molecule has 1 heterocycles. The van der Waals surface area contributed by atoms with E-state index in [0.717, 1.165) is 24.6 Å². The number of hydrogen-bond acceptors (Lipinski definition) is 5. The predicted octanol–water partition coefficient (Wildman–Crippen LogP) is 0.427. The fraction of sp³-hybridized carbons (Fsp3) is 0.625. The Morgan fingerprint density at radius 2 is 2.47 bits per heavy atom. The van der Waals surface area contributed by atoms with Gasteiger partial charge < -0.3 is 11.1 Å². The van der Waals surface area contributed by atoms with E-state index in [4.69, 9.17) is 5.73 Å². The first kappa shape index (κ1) is 12.4. The number of hydrogen-bond donors (Lipinski definition) is 2. The normalized spacial score (nSPS) is 16.6. The number of amides is 1. The van der Waals surface area contributed by atoms with Crippen molar-refractivity contribution >= 4 is 30.0 Å². The van der Waals surface area contributed by atoms with Gasteiger partial charge in [0.05, 0.1) is 17.9 Å². The molecule has 1 aliphatic rings. The Kier molecular flexibility index (Phi) is 4.44. The van der Waals surface area contributed by atoms with Crippen LogP contribution in [0.1, 0.15) is 23.3 Å². The summed E-state index contributed by atoms with van der Waals surface area (Å²) >= 11 is 1.03. The van der Waals surface area contributed by atoms with Crippen LogP contribution in [0.3, 0.4) is 0 Å². The van der Waals surface area contributed by atoms with Gasteiger partial charge in [-0.15, -0.1) is 12.4 Å². The molecule has 3 N–H and O–H groups in total. The molecule has 1 unspecified atom stereocenters. The number of carbonyl (C=O) groups is 1. The molecule has 1 atom stereocenters. The van der Waals surface area contributed by atoms with E-state index in [2.05, 4.69) is 14.1 Å². The zero-order chi connectivity index (χ0) is 9.97. The van der Waals surface area contributed by atoms with E-state index in [0.29, 0.717) is 18.2 Å². The molecular formula is C8H13ClN4OS. The third kappa shape index (κ3) is 3.12. The molecular weight excluding hydrogens is 236 g/mol. The van der Waals surface area contributed by atoms with Gasteiger partial charge in [0, 0.05) is 12.6 Å². The molecule has 0 aliphatic heterocycles. The van der Waals surface area contributed by atoms with E-state index in [1.165, 1.54) is 6.20 Å². The van der Waals surface area contributed by atoms with Crippen LogP contribution < -0.4 is 11.1 Å². The summed E-state index contributed by atoms with van der Waals surface area (Å²) in [5.74, 6) is 0.400. The van der Waals surface area contributed by atoms with Crippen LogP contribution in [0.5, 0.6) is 0 Å². The van der Waals surface area contributed by atoms with Crippen LogP contribution in [0.4, 0.5) is 0 Å². The SMILES string of the molecule is Cl.NCC(NC(=O)c1cnsn1)C1CC1. The van der Waals surface area contributed by atoms with Crippen LogP contribution in [-0.4, -0.2) is 27.2 Å². The minimum Gasteiger partial charge on any atom is -0.346 e. The van der Waals surface area contributed by atoms with Crippen LogP contribution >= 0.6 is 24.1 Å². The number of nitrogens with two attached hydrogens (primary N) is 1. The second-order valence-corrected chi connectivity index (χ2v) is 4.00. The van der Waals surface area contributed by atoms with E-state index < -0.39 is 0 Å². The molecule has 0 radical (unpaired) electrons. The Morgan fingerprint density at radius 1 is 1.73 bits per heavy atom. The third-order valence-corrected chi connectivity index (χ3v) is 2.83. The van der Waals surface area contributed by atoms with Crippen LogP contribution in [0, 0.1) is 5.92 Å². The Balaban J connectivity index is 0.00000112. The molecule has 84 valence electrons. The molecule has 15 heavy (non-hydrogen) atoms. The summed E-state index contributed by atoms with van der Waals surface area (Å²) in [7, 11) is 0. The van der Waals surface area contributed by atoms with Crippen molar-refractivity contribution in [1.29, 1.82) is 0 Å². The molecule has 5 nitrogen and oxygen atoms in total. The topological polar surface area (TPSA) is 80.9 Å². The van der Waals surface area contributed by atoms with Gasteiger partial charge in [0.2, 0.25) is 0 Å². The summed E-state index contributed by atoms with van der Waals surface area (Å²) in [6.07, 6.45) is 3.80. The fourth-order valence-electron chi connectivity index (χ4n) is 1.37. The van der Waals surface area contributed by atoms with Crippen molar-refractivity contribution < 1.29 is 4.79 Å². The van der Waals surface area contributed by atoms with Gasteiger partial charge in [-0.25, -0.2) is 0 Å². The van der Waals surface area contributed by atoms with Crippen molar-refractivity contribution in [3.8, 4) is 0 Å². The molecule has 1 fully saturated rings. The van der Waals surface area contributed by atoms with E-state index in [9.17, 15) is 4.79 Å². The minimum atomic E-state index is -0.166. The first-order chi connectivity index (χ1) is 6.81. The highest BCUT2D eigenvalue weighted by atomic mass is 35.5. The summed E-state index contributed by atoms with van der Waals surface area (Å²) in [5.41, 5.74) is 5.95. The van der Waals surface area contributed by atoms with Gasteiger partial charge in [-0.1, -0.05) is 0 Å². The lowest BCUT2D eigenvalue weighted by Gasteiger charge is -2.14. The Labute approximate surface area is 98.2 Å². The minimum absolute atomic E-state index is 0. The summed E-state index contributed by atoms with van der Waals surface area (Å²) in [6, 6.07) is 0.101. The average Bonchev–Trinajstić information content (AvgIpc) is 2.88. The lowest BCUT2D eigenvalue weighted by molar-refractivity contribution is 0.0929. The maximum Gasteiger partial charge on any atom is 0.272 e. The molecule has 2 rings (SSSR count). The third-order valence-electron chi connectivity index (χ3n) is 2.36. The number of nitrogens with one attached hydrogen (secondary N) is 1. The van der Waals surface area contributed by atoms with Crippen LogP contribution in [0.15, 0.2) is 6.20 Å². The maximum absolute atomic E-state index is 11.5. The van der Waals surface area contributed by atoms with Crippen LogP contribution in [0.25, 0.3) is 0 Å². The number of rotatable bonds is 4. The summed E-state index contributed by atoms with van der Waals surface area (Å²) in [4.78, 5) is 11.5. The molecule has 0 spiro atoms. The second-order valence-electron chi connectivity index (χ2n) is 3.45. The van der Waals surface area contributed by atoms with E-state index in [-0.39, 0.29) is 24.4 Å². The highest BCUT2D eigenvalue weighted by Gasteiger charge is 2.31. The molecule has 1 saturated carbocycles. The summed E-state index contributed by atoms with van der Waals surface area (Å²) < 4.78 is 7.64. The average molecular weight is 249 g/mol. The lowest BCUT2D eigenvalue weighted by Crippen LogP contribution is -2.41. The molecule has 7 heteroatoms. The van der Waals surface area contributed by atoms with Crippen molar-refractivity contribution in [1.82, 2.24) is 14.1 Å². The molecule has 1 aromatic heterocycles. The number of nitrogens with zero attached hydrogens (tertiary/aromatic N) is 2. The Hall–Kier alpha value is -0.720. The van der Waals surface area contributed by atoms with Gasteiger partial charge in [0.15, 0.2) is 5.69 Å². The van der Waals surface area contributed by atoms with Gasteiger partial charge >= 0.3 is 0 Å². The molecule has 0 bridgehead atoms. The Bertz CT molecular complexity index is 314. The van der Waals surface area contributed by atoms with E-state index in [1.807, 2.05) is 0 Å². The van der Waals surface area contributed by atoms with Crippen LogP contribution in [0.2, 0.25) is 0 Å². The first-order valence-corrected chi connectivity index (χ1v) is 5.33. The molecule has 0 saturated heterocycles. The van der Waals surface area contributed by atoms with E-state index >= 15 is 0 Å². The fourth-order valence-corrected chi connectivity index (χ4v) is 1.79. The first-order valence-electron chi connectivity index (χ1n) is 4.59. The smallest absolute Gasteiger partial charge is 0.272 e. The van der Waals surface area contributed by atoms with Gasteiger partial charge in [0.1, 0.15) is 0 Å². The standard InChI is InChI=1S/C8H12N4OS.ClH/c9-3-6(5-1-2-5)11-8(13)7-4-10-14-12-7;/h4-6H,1-3,9H2,(H,11,13);1H. The molecule has 1 amide bonds. The number of aromatic nitrogens is 2. The van der Waals surface area contributed by atoms with Crippen molar-refractivity contribution in [2.45, 2.75) is 18.9 Å². The van der Waals surface area contributed by atoms with Gasteiger partial charge in [-0.2, -0.15) is 8.75 Å². The highest BCUT2D eigenvalue weighted by molar-refractivity contribution is 6.99. The number of halogens is 1. The van der Waals surface area contributed by atoms with E-state index in [1.54, 1.807) is 0 Å². The van der Waals surface area contributed by atoms with Gasteiger partial charge in [-0.05, 0) is 18.8 Å². The van der Waals surface area contributed by atoms with Gasteiger partial charge in [0.25, 0.3) is 5.91 Å². The highest BCUT2D eigenvalue weighted by Crippen LogP contribution is 2.32.